The number of methoxy groups -OCH3 is 1. The van der Waals surface area contributed by atoms with Crippen LogP contribution >= 0.6 is 0 Å². The molecule has 1 fully saturated rings. The highest BCUT2D eigenvalue weighted by atomic mass is 32.2. The summed E-state index contributed by atoms with van der Waals surface area (Å²) < 4.78 is 95.5. The van der Waals surface area contributed by atoms with E-state index >= 15 is 0 Å². The molecule has 3 aromatic heterocycles. The number of nitrogens with zero attached hydrogens (tertiary/aromatic N) is 5. The molecule has 0 spiro atoms. The van der Waals surface area contributed by atoms with Crippen LogP contribution in [0.2, 0.25) is 0 Å². The van der Waals surface area contributed by atoms with Gasteiger partial charge in [0.15, 0.2) is 39.8 Å². The molecule has 0 aromatic carbocycles. The monoisotopic (exact) mass is 809 g/mol. The van der Waals surface area contributed by atoms with Gasteiger partial charge < -0.3 is 37.5 Å². The molecule has 302 valence electrons. The standard InChI is InChI=1S/C29H34N5O13.CHF3O3S/c1-15(27(39)42-6)34-14-30-24-21(34)25(38)33(29(41)31(24)5)10-11-43-28(40)19-8-7-9-32(12-19)26-23(46-18(4)37)22(45-17(3)36)20(47-26)13-44-16(2)35;2-1(3,4)8(5,6)7/h7-9,12,14-15,20,22-23,26H,10-11,13H2,1-6H3;(H,5,6,7)/q+1;/p-1/t15?,20-,22-,23-,26-;/m1./s1. The van der Waals surface area contributed by atoms with Crippen molar-refractivity contribution >= 4 is 51.1 Å². The maximum Gasteiger partial charge on any atom is 0.485 e. The van der Waals surface area contributed by atoms with Crippen molar-refractivity contribution in [2.75, 3.05) is 20.3 Å². The van der Waals surface area contributed by atoms with Crippen LogP contribution in [0.5, 0.6) is 0 Å². The summed E-state index contributed by atoms with van der Waals surface area (Å²) >= 11 is 0. The van der Waals surface area contributed by atoms with Gasteiger partial charge in [0, 0.05) is 33.9 Å². The van der Waals surface area contributed by atoms with Crippen molar-refractivity contribution in [1.29, 1.82) is 0 Å². The maximum atomic E-state index is 13.3. The van der Waals surface area contributed by atoms with Crippen LogP contribution in [0, 0.1) is 0 Å². The van der Waals surface area contributed by atoms with Crippen molar-refractivity contribution in [3.05, 3.63) is 57.3 Å². The summed E-state index contributed by atoms with van der Waals surface area (Å²) in [6.07, 6.45) is -0.335. The first-order valence-electron chi connectivity index (χ1n) is 15.6. The van der Waals surface area contributed by atoms with Crippen LogP contribution < -0.4 is 15.8 Å². The highest BCUT2D eigenvalue weighted by Crippen LogP contribution is 2.31. The van der Waals surface area contributed by atoms with E-state index in [0.29, 0.717) is 0 Å². The molecule has 21 nitrogen and oxygen atoms in total. The first kappa shape index (κ1) is 43.7. The fraction of sp³-hybridized carbons (Fsp3) is 0.500. The van der Waals surface area contributed by atoms with Gasteiger partial charge in [-0.2, -0.15) is 17.7 Å². The Balaban J connectivity index is 0.000000912. The van der Waals surface area contributed by atoms with E-state index in [4.69, 9.17) is 41.4 Å². The Kier molecular flexibility index (Phi) is 14.0. The SMILES string of the molecule is COC(=O)C(C)n1cnc2c1c(=O)n(CCOC(=O)c1ccc[n+]([C@@H]3O[C@H](COC(C)=O)[C@@H](OC(C)=O)[C@H]3OC(C)=O)c1)c(=O)n2C.O=S(=O)([O-])C(F)(F)F. The highest BCUT2D eigenvalue weighted by Gasteiger charge is 2.54. The zero-order valence-corrected chi connectivity index (χ0v) is 30.5. The average molecular weight is 810 g/mol. The fourth-order valence-electron chi connectivity index (χ4n) is 5.08. The number of ether oxygens (including phenoxy) is 6. The summed E-state index contributed by atoms with van der Waals surface area (Å²) in [5.41, 5.74) is -7.04. The Morgan fingerprint density at radius 2 is 1.64 bits per heavy atom. The third kappa shape index (κ3) is 10.5. The number of hydrogen-bond donors (Lipinski definition) is 0. The molecule has 1 saturated heterocycles. The van der Waals surface area contributed by atoms with Crippen molar-refractivity contribution in [3.63, 3.8) is 0 Å². The zero-order chi connectivity index (χ0) is 41.6. The summed E-state index contributed by atoms with van der Waals surface area (Å²) in [4.78, 5) is 90.8. The molecule has 0 saturated carbocycles. The summed E-state index contributed by atoms with van der Waals surface area (Å²) in [6, 6.07) is 2.01. The molecule has 3 aromatic rings. The number of esters is 5. The van der Waals surface area contributed by atoms with Crippen molar-refractivity contribution in [1.82, 2.24) is 18.7 Å². The Labute approximate surface area is 307 Å². The normalized spacial score (nSPS) is 18.7. The number of alkyl halides is 3. The maximum absolute atomic E-state index is 13.3. The van der Waals surface area contributed by atoms with Crippen LogP contribution in [0.4, 0.5) is 13.2 Å². The second kappa shape index (κ2) is 17.6. The second-order valence-corrected chi connectivity index (χ2v) is 12.8. The van der Waals surface area contributed by atoms with Crippen molar-refractivity contribution < 1.29 is 83.1 Å². The highest BCUT2D eigenvalue weighted by molar-refractivity contribution is 7.86. The van der Waals surface area contributed by atoms with Crippen LogP contribution in [0.15, 0.2) is 40.4 Å². The van der Waals surface area contributed by atoms with Gasteiger partial charge in [0.25, 0.3) is 5.56 Å². The molecule has 0 amide bonds. The molecule has 0 aliphatic carbocycles. The molecule has 55 heavy (non-hydrogen) atoms. The van der Waals surface area contributed by atoms with E-state index in [1.165, 1.54) is 68.0 Å². The summed E-state index contributed by atoms with van der Waals surface area (Å²) in [5.74, 6) is -3.46. The lowest BCUT2D eigenvalue weighted by molar-refractivity contribution is -0.765. The number of hydrogen-bond acceptors (Lipinski definition) is 17. The number of carbonyl (C=O) groups excluding carboxylic acids is 5. The molecule has 25 heteroatoms. The molecular weight excluding hydrogens is 775 g/mol. The minimum Gasteiger partial charge on any atom is -0.741 e. The minimum atomic E-state index is -6.09. The first-order valence-corrected chi connectivity index (χ1v) is 17.0. The predicted molar refractivity (Wildman–Crippen MR) is 170 cm³/mol. The van der Waals surface area contributed by atoms with E-state index < -0.39 is 87.3 Å². The van der Waals surface area contributed by atoms with E-state index in [-0.39, 0.29) is 36.5 Å². The van der Waals surface area contributed by atoms with Crippen LogP contribution in [0.25, 0.3) is 11.2 Å². The zero-order valence-electron chi connectivity index (χ0n) is 29.7. The van der Waals surface area contributed by atoms with E-state index in [2.05, 4.69) is 4.98 Å². The molecule has 1 unspecified atom stereocenters. The predicted octanol–water partition coefficient (Wildman–Crippen LogP) is -0.849. The van der Waals surface area contributed by atoms with Gasteiger partial charge in [-0.05, 0) is 13.0 Å². The minimum absolute atomic E-state index is 0.0154. The topological polar surface area (TPSA) is 264 Å². The quantitative estimate of drug-likeness (QED) is 0.0751. The fourth-order valence-corrected chi connectivity index (χ4v) is 5.08. The molecular formula is C30H34F3N5O16S. The number of aromatic nitrogens is 5. The number of pyridine rings is 1. The molecule has 0 N–H and O–H groups in total. The second-order valence-electron chi connectivity index (χ2n) is 11.4. The molecule has 4 heterocycles. The third-order valence-corrected chi connectivity index (χ3v) is 8.11. The van der Waals surface area contributed by atoms with Crippen LogP contribution in [-0.2, 0) is 71.3 Å². The van der Waals surface area contributed by atoms with Gasteiger partial charge >= 0.3 is 47.3 Å². The third-order valence-electron chi connectivity index (χ3n) is 7.54. The van der Waals surface area contributed by atoms with E-state index in [1.54, 1.807) is 0 Å². The lowest BCUT2D eigenvalue weighted by Gasteiger charge is -2.21. The molecule has 0 bridgehead atoms. The summed E-state index contributed by atoms with van der Waals surface area (Å²) in [7, 11) is -3.48. The number of aryl methyl sites for hydroxylation is 1. The van der Waals surface area contributed by atoms with Gasteiger partial charge in [-0.1, -0.05) is 0 Å². The number of rotatable bonds is 11. The van der Waals surface area contributed by atoms with Gasteiger partial charge in [-0.15, -0.1) is 0 Å². The Hall–Kier alpha value is -5.69. The van der Waals surface area contributed by atoms with E-state index in [0.717, 1.165) is 23.0 Å². The Morgan fingerprint density at radius 1 is 1.04 bits per heavy atom. The number of fused-ring (bicyclic) bond motifs is 1. The molecule has 1 aliphatic heterocycles. The number of halogens is 3. The van der Waals surface area contributed by atoms with Crippen molar-refractivity contribution in [2.24, 2.45) is 7.05 Å². The largest absolute Gasteiger partial charge is 0.741 e. The number of imidazole rings is 1. The van der Waals surface area contributed by atoms with Gasteiger partial charge in [0.05, 0.1) is 20.0 Å². The van der Waals surface area contributed by atoms with E-state index in [1.807, 2.05) is 0 Å². The molecule has 5 atom stereocenters. The van der Waals surface area contributed by atoms with Gasteiger partial charge in [0.1, 0.15) is 30.9 Å². The first-order chi connectivity index (χ1) is 25.5. The molecule has 4 rings (SSSR count). The molecule has 0 radical (unpaired) electrons. The van der Waals surface area contributed by atoms with Crippen molar-refractivity contribution in [3.8, 4) is 0 Å². The van der Waals surface area contributed by atoms with E-state index in [9.17, 15) is 46.7 Å². The van der Waals surface area contributed by atoms with Crippen LogP contribution in [0.3, 0.4) is 0 Å². The number of carbonyl (C=O) groups is 5. The van der Waals surface area contributed by atoms with Gasteiger partial charge in [-0.3, -0.25) is 28.3 Å². The Bertz CT molecular complexity index is 2180. The lowest BCUT2D eigenvalue weighted by atomic mass is 10.1. The molecule has 1 aliphatic rings. The Morgan fingerprint density at radius 3 is 2.18 bits per heavy atom. The van der Waals surface area contributed by atoms with Crippen LogP contribution in [0.1, 0.15) is 50.3 Å². The van der Waals surface area contributed by atoms with Gasteiger partial charge in [0.2, 0.25) is 6.10 Å². The van der Waals surface area contributed by atoms with Crippen LogP contribution in [-0.4, -0.2) is 106 Å². The smallest absolute Gasteiger partial charge is 0.485 e. The lowest BCUT2D eigenvalue weighted by Crippen LogP contribution is -2.48. The summed E-state index contributed by atoms with van der Waals surface area (Å²) in [5, 5.41) is 0. The average Bonchev–Trinajstić information content (AvgIpc) is 3.68. The summed E-state index contributed by atoms with van der Waals surface area (Å²) in [6.45, 7) is 4.00. The van der Waals surface area contributed by atoms with Crippen molar-refractivity contribution in [2.45, 2.75) is 70.3 Å². The van der Waals surface area contributed by atoms with Gasteiger partial charge in [-0.25, -0.2) is 27.8 Å².